The van der Waals surface area contributed by atoms with E-state index in [0.29, 0.717) is 11.1 Å². The van der Waals surface area contributed by atoms with Crippen molar-refractivity contribution in [2.45, 2.75) is 13.5 Å². The van der Waals surface area contributed by atoms with Crippen LogP contribution in [0.2, 0.25) is 0 Å². The number of fused-ring (bicyclic) bond motifs is 1. The first-order chi connectivity index (χ1) is 9.11. The largest absolute Gasteiger partial charge is 0.450 e. The fraction of sp³-hybridized carbons (Fsp3) is 0.250. The van der Waals surface area contributed by atoms with E-state index < -0.39 is 17.8 Å². The van der Waals surface area contributed by atoms with E-state index in [1.165, 1.54) is 0 Å². The fourth-order valence-electron chi connectivity index (χ4n) is 1.63. The second-order valence-corrected chi connectivity index (χ2v) is 3.69. The van der Waals surface area contributed by atoms with Crippen molar-refractivity contribution in [3.8, 4) is 0 Å². The van der Waals surface area contributed by atoms with Crippen molar-refractivity contribution in [3.63, 3.8) is 0 Å². The lowest BCUT2D eigenvalue weighted by Crippen LogP contribution is -2.35. The van der Waals surface area contributed by atoms with Crippen LogP contribution in [0.15, 0.2) is 33.5 Å². The summed E-state index contributed by atoms with van der Waals surface area (Å²) in [6, 6.07) is 6.71. The van der Waals surface area contributed by atoms with Crippen molar-refractivity contribution in [1.82, 2.24) is 9.88 Å². The Morgan fingerprint density at radius 3 is 2.84 bits per heavy atom. The van der Waals surface area contributed by atoms with Gasteiger partial charge in [0.25, 0.3) is 0 Å². The van der Waals surface area contributed by atoms with E-state index in [1.807, 2.05) is 5.32 Å². The molecule has 0 saturated heterocycles. The molecule has 0 bridgehead atoms. The van der Waals surface area contributed by atoms with Gasteiger partial charge < -0.3 is 9.15 Å². The number of alkyl carbamates (subject to hydrolysis) is 1. The van der Waals surface area contributed by atoms with E-state index in [2.05, 4.69) is 4.74 Å². The number of oxazole rings is 1. The summed E-state index contributed by atoms with van der Waals surface area (Å²) < 4.78 is 10.7. The lowest BCUT2D eigenvalue weighted by atomic mass is 10.3. The van der Waals surface area contributed by atoms with Crippen LogP contribution in [-0.4, -0.2) is 23.2 Å². The number of amides is 2. The van der Waals surface area contributed by atoms with Crippen molar-refractivity contribution < 1.29 is 18.7 Å². The van der Waals surface area contributed by atoms with Crippen LogP contribution in [-0.2, 0) is 16.1 Å². The topological polar surface area (TPSA) is 90.5 Å². The van der Waals surface area contributed by atoms with Gasteiger partial charge in [-0.1, -0.05) is 12.1 Å². The molecular weight excluding hydrogens is 252 g/mol. The number of rotatable bonds is 3. The summed E-state index contributed by atoms with van der Waals surface area (Å²) in [5.41, 5.74) is 0.878. The predicted molar refractivity (Wildman–Crippen MR) is 65.6 cm³/mol. The summed E-state index contributed by atoms with van der Waals surface area (Å²) >= 11 is 0. The third-order valence-corrected chi connectivity index (χ3v) is 2.39. The van der Waals surface area contributed by atoms with E-state index in [-0.39, 0.29) is 13.2 Å². The number of hydrogen-bond donors (Lipinski definition) is 1. The number of carbonyl (C=O) groups excluding carboxylic acids is 2. The third-order valence-electron chi connectivity index (χ3n) is 2.39. The fourth-order valence-corrected chi connectivity index (χ4v) is 1.63. The van der Waals surface area contributed by atoms with Crippen LogP contribution in [0.3, 0.4) is 0 Å². The van der Waals surface area contributed by atoms with Crippen LogP contribution in [0.25, 0.3) is 11.1 Å². The van der Waals surface area contributed by atoms with Crippen LogP contribution in [0, 0.1) is 0 Å². The van der Waals surface area contributed by atoms with Gasteiger partial charge in [-0.3, -0.25) is 14.7 Å². The highest BCUT2D eigenvalue weighted by atomic mass is 16.5. The van der Waals surface area contributed by atoms with Crippen molar-refractivity contribution in [1.29, 1.82) is 0 Å². The highest BCUT2D eigenvalue weighted by Crippen LogP contribution is 2.11. The van der Waals surface area contributed by atoms with E-state index >= 15 is 0 Å². The Morgan fingerprint density at radius 1 is 1.37 bits per heavy atom. The van der Waals surface area contributed by atoms with E-state index in [4.69, 9.17) is 4.42 Å². The molecule has 2 rings (SSSR count). The van der Waals surface area contributed by atoms with Crippen LogP contribution in [0.1, 0.15) is 6.92 Å². The van der Waals surface area contributed by atoms with Gasteiger partial charge in [-0.2, -0.15) is 0 Å². The minimum atomic E-state index is -0.839. The van der Waals surface area contributed by atoms with Crippen LogP contribution >= 0.6 is 0 Å². The lowest BCUT2D eigenvalue weighted by molar-refractivity contribution is -0.121. The Hall–Kier alpha value is -2.57. The summed E-state index contributed by atoms with van der Waals surface area (Å²) in [5, 5.41) is 2.01. The molecule has 0 aliphatic rings. The van der Waals surface area contributed by atoms with Gasteiger partial charge in [-0.25, -0.2) is 9.59 Å². The normalized spacial score (nSPS) is 10.4. The maximum Gasteiger partial charge on any atom is 0.420 e. The quantitative estimate of drug-likeness (QED) is 0.888. The van der Waals surface area contributed by atoms with Gasteiger partial charge in [0.1, 0.15) is 6.54 Å². The Labute approximate surface area is 107 Å². The van der Waals surface area contributed by atoms with Gasteiger partial charge in [0, 0.05) is 0 Å². The standard InChI is InChI=1S/C12H12N2O5/c1-2-18-11(16)13-10(15)7-14-8-5-3-4-6-9(8)19-12(14)17/h3-6H,2,7H2,1H3,(H,13,15,16). The second-order valence-electron chi connectivity index (χ2n) is 3.69. The van der Waals surface area contributed by atoms with Crippen molar-refractivity contribution >= 4 is 23.1 Å². The smallest absolute Gasteiger partial charge is 0.420 e. The van der Waals surface area contributed by atoms with E-state index in [1.54, 1.807) is 31.2 Å². The molecule has 0 fully saturated rings. The monoisotopic (exact) mass is 264 g/mol. The number of carbonyl (C=O) groups is 2. The highest BCUT2D eigenvalue weighted by Gasteiger charge is 2.14. The minimum Gasteiger partial charge on any atom is -0.450 e. The summed E-state index contributed by atoms with van der Waals surface area (Å²) in [5.74, 6) is -1.30. The summed E-state index contributed by atoms with van der Waals surface area (Å²) in [4.78, 5) is 34.2. The first-order valence-electron chi connectivity index (χ1n) is 5.66. The molecule has 19 heavy (non-hydrogen) atoms. The molecule has 0 saturated carbocycles. The average molecular weight is 264 g/mol. The Morgan fingerprint density at radius 2 is 2.11 bits per heavy atom. The molecule has 1 aromatic heterocycles. The molecular formula is C12H12N2O5. The molecule has 0 radical (unpaired) electrons. The average Bonchev–Trinajstić information content (AvgIpc) is 2.66. The van der Waals surface area contributed by atoms with Gasteiger partial charge in [0.15, 0.2) is 5.58 Å². The summed E-state index contributed by atoms with van der Waals surface area (Å²) in [7, 11) is 0. The van der Waals surface area contributed by atoms with Crippen LogP contribution in [0.5, 0.6) is 0 Å². The zero-order chi connectivity index (χ0) is 13.8. The van der Waals surface area contributed by atoms with Gasteiger partial charge >= 0.3 is 11.8 Å². The molecule has 0 atom stereocenters. The van der Waals surface area contributed by atoms with Gasteiger partial charge in [-0.15, -0.1) is 0 Å². The number of nitrogens with one attached hydrogen (secondary N) is 1. The molecule has 1 aromatic carbocycles. The number of benzene rings is 1. The Balaban J connectivity index is 2.17. The molecule has 0 spiro atoms. The number of para-hydroxylation sites is 2. The van der Waals surface area contributed by atoms with Crippen LogP contribution in [0.4, 0.5) is 4.79 Å². The van der Waals surface area contributed by atoms with E-state index in [0.717, 1.165) is 4.57 Å². The van der Waals surface area contributed by atoms with Gasteiger partial charge in [0.2, 0.25) is 5.91 Å². The molecule has 0 aliphatic carbocycles. The maximum atomic E-state index is 11.6. The summed E-state index contributed by atoms with van der Waals surface area (Å²) in [6.45, 7) is 1.47. The molecule has 2 aromatic rings. The molecule has 2 amide bonds. The highest BCUT2D eigenvalue weighted by molar-refractivity contribution is 5.92. The van der Waals surface area contributed by atoms with Gasteiger partial charge in [-0.05, 0) is 19.1 Å². The molecule has 1 N–H and O–H groups in total. The number of ether oxygens (including phenoxy) is 1. The second kappa shape index (κ2) is 5.38. The van der Waals surface area contributed by atoms with Crippen molar-refractivity contribution in [2.75, 3.05) is 6.61 Å². The number of imide groups is 1. The molecule has 7 nitrogen and oxygen atoms in total. The molecule has 1 heterocycles. The van der Waals surface area contributed by atoms with Crippen LogP contribution < -0.4 is 11.1 Å². The number of hydrogen-bond acceptors (Lipinski definition) is 5. The van der Waals surface area contributed by atoms with Crippen molar-refractivity contribution in [2.24, 2.45) is 0 Å². The Bertz CT molecular complexity index is 670. The first-order valence-corrected chi connectivity index (χ1v) is 5.66. The Kier molecular flexibility index (Phi) is 3.65. The number of nitrogens with zero attached hydrogens (tertiary/aromatic N) is 1. The molecule has 0 aliphatic heterocycles. The van der Waals surface area contributed by atoms with Gasteiger partial charge in [0.05, 0.1) is 12.1 Å². The maximum absolute atomic E-state index is 11.6. The zero-order valence-electron chi connectivity index (χ0n) is 10.2. The SMILES string of the molecule is CCOC(=O)NC(=O)Cn1c(=O)oc2ccccc21. The summed E-state index contributed by atoms with van der Waals surface area (Å²) in [6.07, 6.45) is -0.839. The van der Waals surface area contributed by atoms with E-state index in [9.17, 15) is 14.4 Å². The zero-order valence-corrected chi connectivity index (χ0v) is 10.2. The number of aromatic nitrogens is 1. The minimum absolute atomic E-state index is 0.160. The third kappa shape index (κ3) is 2.82. The van der Waals surface area contributed by atoms with Crippen molar-refractivity contribution in [3.05, 3.63) is 34.8 Å². The molecule has 100 valence electrons. The predicted octanol–water partition coefficient (Wildman–Crippen LogP) is 0.867. The molecule has 7 heteroatoms. The first kappa shape index (κ1) is 12.9. The lowest BCUT2D eigenvalue weighted by Gasteiger charge is -2.04. The molecule has 0 unspecified atom stereocenters.